The van der Waals surface area contributed by atoms with Gasteiger partial charge in [-0.1, -0.05) is 19.1 Å². The van der Waals surface area contributed by atoms with Crippen molar-refractivity contribution in [1.82, 2.24) is 4.98 Å². The van der Waals surface area contributed by atoms with E-state index in [-0.39, 0.29) is 4.90 Å². The van der Waals surface area contributed by atoms with Crippen molar-refractivity contribution in [1.29, 1.82) is 0 Å². The van der Waals surface area contributed by atoms with Gasteiger partial charge in [0.15, 0.2) is 0 Å². The average Bonchev–Trinajstić information content (AvgIpc) is 2.47. The summed E-state index contributed by atoms with van der Waals surface area (Å²) in [4.78, 5) is 4.29. The van der Waals surface area contributed by atoms with Crippen LogP contribution in [0.2, 0.25) is 0 Å². The molecule has 0 saturated heterocycles. The molecule has 0 aliphatic carbocycles. The summed E-state index contributed by atoms with van der Waals surface area (Å²) in [5.74, 6) is 0.372. The first kappa shape index (κ1) is 14.3. The van der Waals surface area contributed by atoms with E-state index in [9.17, 15) is 8.42 Å². The highest BCUT2D eigenvalue weighted by atomic mass is 32.2. The normalized spacial score (nSPS) is 11.3. The second kappa shape index (κ2) is 5.50. The van der Waals surface area contributed by atoms with Gasteiger partial charge in [0.05, 0.1) is 4.90 Å². The van der Waals surface area contributed by atoms with E-state index >= 15 is 0 Å². The molecule has 2 rings (SSSR count). The number of aromatic nitrogens is 1. The quantitative estimate of drug-likeness (QED) is 0.875. The van der Waals surface area contributed by atoms with E-state index in [1.807, 2.05) is 6.92 Å². The number of hydrogen-bond donors (Lipinski definition) is 1. The summed E-state index contributed by atoms with van der Waals surface area (Å²) in [7, 11) is -2.18. The summed E-state index contributed by atoms with van der Waals surface area (Å²) in [6.45, 7) is 1.91. The highest BCUT2D eigenvalue weighted by Crippen LogP contribution is 2.25. The molecule has 0 aliphatic rings. The molecule has 2 aromatic rings. The van der Waals surface area contributed by atoms with Crippen molar-refractivity contribution in [2.24, 2.45) is 0 Å². The lowest BCUT2D eigenvalue weighted by Gasteiger charge is -2.20. The van der Waals surface area contributed by atoms with Gasteiger partial charge in [-0.25, -0.2) is 13.4 Å². The van der Waals surface area contributed by atoms with E-state index in [1.54, 1.807) is 36.5 Å². The molecule has 5 nitrogen and oxygen atoms in total. The number of benzene rings is 1. The number of sulfonamides is 1. The number of nitrogen functional groups attached to an aromatic ring is 1. The van der Waals surface area contributed by atoms with Crippen molar-refractivity contribution in [3.8, 4) is 0 Å². The van der Waals surface area contributed by atoms with Gasteiger partial charge in [0, 0.05) is 18.9 Å². The lowest BCUT2D eigenvalue weighted by molar-refractivity contribution is 0.593. The number of hydrogen-bond acceptors (Lipinski definition) is 4. The van der Waals surface area contributed by atoms with E-state index in [4.69, 9.17) is 5.73 Å². The average molecular weight is 291 g/mol. The van der Waals surface area contributed by atoms with Crippen molar-refractivity contribution < 1.29 is 8.42 Å². The van der Waals surface area contributed by atoms with Crippen LogP contribution in [-0.4, -0.2) is 20.4 Å². The van der Waals surface area contributed by atoms with Gasteiger partial charge in [-0.15, -0.1) is 0 Å². The zero-order valence-corrected chi connectivity index (χ0v) is 12.3. The Hall–Kier alpha value is -2.08. The predicted molar refractivity (Wildman–Crippen MR) is 80.1 cm³/mol. The summed E-state index contributed by atoms with van der Waals surface area (Å²) >= 11 is 0. The fourth-order valence-electron chi connectivity index (χ4n) is 1.91. The molecule has 1 aromatic carbocycles. The number of anilines is 2. The molecular weight excluding hydrogens is 274 g/mol. The summed E-state index contributed by atoms with van der Waals surface area (Å²) in [5, 5.41) is 0. The maximum absolute atomic E-state index is 12.7. The molecule has 0 unspecified atom stereocenters. The minimum Gasteiger partial charge on any atom is -0.399 e. The lowest BCUT2D eigenvalue weighted by atomic mass is 10.1. The summed E-state index contributed by atoms with van der Waals surface area (Å²) in [6.07, 6.45) is 2.17. The Balaban J connectivity index is 2.53. The summed E-state index contributed by atoms with van der Waals surface area (Å²) < 4.78 is 26.6. The minimum atomic E-state index is -3.67. The molecule has 20 heavy (non-hydrogen) atoms. The van der Waals surface area contributed by atoms with Crippen LogP contribution in [0, 0.1) is 0 Å². The zero-order valence-electron chi connectivity index (χ0n) is 11.4. The summed E-state index contributed by atoms with van der Waals surface area (Å²) in [6, 6.07) is 10.1. The van der Waals surface area contributed by atoms with Crippen LogP contribution in [0.3, 0.4) is 0 Å². The van der Waals surface area contributed by atoms with Gasteiger partial charge in [-0.3, -0.25) is 4.31 Å². The molecule has 2 N–H and O–H groups in total. The van der Waals surface area contributed by atoms with E-state index in [2.05, 4.69) is 4.98 Å². The molecular formula is C14H17N3O2S. The number of nitrogens with two attached hydrogens (primary N) is 1. The monoisotopic (exact) mass is 291 g/mol. The second-order valence-electron chi connectivity index (χ2n) is 4.38. The molecule has 0 bridgehead atoms. The molecule has 0 atom stereocenters. The van der Waals surface area contributed by atoms with Crippen LogP contribution in [-0.2, 0) is 16.4 Å². The van der Waals surface area contributed by atoms with Crippen molar-refractivity contribution in [2.45, 2.75) is 18.2 Å². The number of rotatable bonds is 4. The Kier molecular flexibility index (Phi) is 3.94. The lowest BCUT2D eigenvalue weighted by Crippen LogP contribution is -2.28. The third kappa shape index (κ3) is 2.60. The highest BCUT2D eigenvalue weighted by molar-refractivity contribution is 7.92. The third-order valence-corrected chi connectivity index (χ3v) is 4.93. The largest absolute Gasteiger partial charge is 0.399 e. The van der Waals surface area contributed by atoms with E-state index in [0.29, 0.717) is 17.9 Å². The van der Waals surface area contributed by atoms with Crippen LogP contribution in [0.4, 0.5) is 11.5 Å². The number of pyridine rings is 1. The predicted octanol–water partition coefficient (Wildman–Crippen LogP) is 2.05. The van der Waals surface area contributed by atoms with Crippen LogP contribution >= 0.6 is 0 Å². The molecule has 0 amide bonds. The molecule has 6 heteroatoms. The first-order valence-corrected chi connectivity index (χ1v) is 7.69. The van der Waals surface area contributed by atoms with Gasteiger partial charge in [0.25, 0.3) is 10.0 Å². The fraction of sp³-hybridized carbons (Fsp3) is 0.214. The van der Waals surface area contributed by atoms with Gasteiger partial charge in [-0.2, -0.15) is 0 Å². The fourth-order valence-corrected chi connectivity index (χ4v) is 3.39. The SMILES string of the molecule is CCc1ccc(N)cc1S(=O)(=O)N(C)c1ccccn1. The number of aryl methyl sites for hydroxylation is 1. The maximum Gasteiger partial charge on any atom is 0.265 e. The van der Waals surface area contributed by atoms with Gasteiger partial charge >= 0.3 is 0 Å². The van der Waals surface area contributed by atoms with Crippen molar-refractivity contribution in [2.75, 3.05) is 17.1 Å². The van der Waals surface area contributed by atoms with Crippen molar-refractivity contribution >= 4 is 21.5 Å². The molecule has 0 radical (unpaired) electrons. The maximum atomic E-state index is 12.7. The van der Waals surface area contributed by atoms with Crippen LogP contribution in [0.1, 0.15) is 12.5 Å². The molecule has 1 heterocycles. The van der Waals surface area contributed by atoms with E-state index in [1.165, 1.54) is 17.4 Å². The van der Waals surface area contributed by atoms with Crippen molar-refractivity contribution in [3.05, 3.63) is 48.2 Å². The van der Waals surface area contributed by atoms with Gasteiger partial charge in [0.1, 0.15) is 5.82 Å². The molecule has 0 saturated carbocycles. The van der Waals surface area contributed by atoms with Crippen LogP contribution in [0.5, 0.6) is 0 Å². The van der Waals surface area contributed by atoms with Gasteiger partial charge in [-0.05, 0) is 36.2 Å². The number of nitrogens with zero attached hydrogens (tertiary/aromatic N) is 2. The van der Waals surface area contributed by atoms with Crippen LogP contribution < -0.4 is 10.0 Å². The Morgan fingerprint density at radius 1 is 1.25 bits per heavy atom. The van der Waals surface area contributed by atoms with Gasteiger partial charge < -0.3 is 5.73 Å². The third-order valence-electron chi connectivity index (χ3n) is 3.08. The first-order valence-electron chi connectivity index (χ1n) is 6.25. The second-order valence-corrected chi connectivity index (χ2v) is 6.32. The Labute approximate surface area is 119 Å². The van der Waals surface area contributed by atoms with Crippen LogP contribution in [0.25, 0.3) is 0 Å². The minimum absolute atomic E-state index is 0.230. The Morgan fingerprint density at radius 2 is 2.00 bits per heavy atom. The Morgan fingerprint density at radius 3 is 2.60 bits per heavy atom. The van der Waals surface area contributed by atoms with Crippen LogP contribution in [0.15, 0.2) is 47.5 Å². The molecule has 0 fully saturated rings. The van der Waals surface area contributed by atoms with E-state index < -0.39 is 10.0 Å². The topological polar surface area (TPSA) is 76.3 Å². The molecule has 106 valence electrons. The molecule has 0 aliphatic heterocycles. The Bertz CT molecular complexity index is 700. The van der Waals surface area contributed by atoms with E-state index in [0.717, 1.165) is 5.56 Å². The summed E-state index contributed by atoms with van der Waals surface area (Å²) in [5.41, 5.74) is 6.88. The zero-order chi connectivity index (χ0) is 14.8. The van der Waals surface area contributed by atoms with Gasteiger partial charge in [0.2, 0.25) is 0 Å². The first-order chi connectivity index (χ1) is 9.46. The smallest absolute Gasteiger partial charge is 0.265 e. The standard InChI is InChI=1S/C14H17N3O2S/c1-3-11-7-8-12(15)10-13(11)20(18,19)17(2)14-6-4-5-9-16-14/h4-10H,3,15H2,1-2H3. The molecule has 0 spiro atoms. The molecule has 1 aromatic heterocycles. The highest BCUT2D eigenvalue weighted by Gasteiger charge is 2.24. The van der Waals surface area contributed by atoms with Crippen molar-refractivity contribution in [3.63, 3.8) is 0 Å².